The second-order valence-corrected chi connectivity index (χ2v) is 6.72. The number of aliphatic hydroxyl groups is 1. The molecule has 1 aromatic rings. The van der Waals surface area contributed by atoms with Crippen LogP contribution in [0.1, 0.15) is 37.2 Å². The molecule has 0 bridgehead atoms. The van der Waals surface area contributed by atoms with E-state index in [1.165, 1.54) is 5.69 Å². The average molecular weight is 320 g/mol. The Morgan fingerprint density at radius 3 is 2.57 bits per heavy atom. The molecular weight excluding hydrogens is 292 g/mol. The van der Waals surface area contributed by atoms with Crippen LogP contribution in [-0.4, -0.2) is 72.0 Å². The lowest BCUT2D eigenvalue weighted by Gasteiger charge is -2.33. The molecule has 0 amide bonds. The standard InChI is InChI=1S/C17H28N4O2/c1-13(22)12-20-5-3-15(4-6-20)16-11-17(19-14(2)18-16)21-7-9-23-10-8-21/h11,13,15,22H,3-10,12H2,1-2H3/t13-/m0/s1. The van der Waals surface area contributed by atoms with Crippen LogP contribution >= 0.6 is 0 Å². The number of hydrogen-bond donors (Lipinski definition) is 1. The molecule has 2 aliphatic heterocycles. The number of anilines is 1. The monoisotopic (exact) mass is 320 g/mol. The maximum atomic E-state index is 9.53. The molecule has 0 radical (unpaired) electrons. The Balaban J connectivity index is 1.67. The van der Waals surface area contributed by atoms with Crippen molar-refractivity contribution < 1.29 is 9.84 Å². The summed E-state index contributed by atoms with van der Waals surface area (Å²) in [6, 6.07) is 2.17. The Morgan fingerprint density at radius 1 is 1.22 bits per heavy atom. The zero-order chi connectivity index (χ0) is 16.2. The van der Waals surface area contributed by atoms with E-state index in [0.717, 1.165) is 70.4 Å². The van der Waals surface area contributed by atoms with Crippen molar-refractivity contribution in [1.29, 1.82) is 0 Å². The quantitative estimate of drug-likeness (QED) is 0.899. The molecule has 1 aromatic heterocycles. The maximum Gasteiger partial charge on any atom is 0.132 e. The molecular formula is C17H28N4O2. The first kappa shape index (κ1) is 16.6. The van der Waals surface area contributed by atoms with E-state index in [2.05, 4.69) is 20.9 Å². The van der Waals surface area contributed by atoms with Gasteiger partial charge in [-0.25, -0.2) is 9.97 Å². The summed E-state index contributed by atoms with van der Waals surface area (Å²) in [5, 5.41) is 9.53. The first-order valence-electron chi connectivity index (χ1n) is 8.70. The van der Waals surface area contributed by atoms with Crippen LogP contribution in [0.15, 0.2) is 6.07 Å². The van der Waals surface area contributed by atoms with Gasteiger partial charge in [-0.3, -0.25) is 0 Å². The third kappa shape index (κ3) is 4.40. The highest BCUT2D eigenvalue weighted by Gasteiger charge is 2.24. The first-order valence-corrected chi connectivity index (χ1v) is 8.70. The summed E-state index contributed by atoms with van der Waals surface area (Å²) in [6.07, 6.45) is 1.96. The smallest absolute Gasteiger partial charge is 0.132 e. The van der Waals surface area contributed by atoms with Crippen LogP contribution in [0.2, 0.25) is 0 Å². The number of hydrogen-bond acceptors (Lipinski definition) is 6. The zero-order valence-corrected chi connectivity index (χ0v) is 14.2. The fourth-order valence-corrected chi connectivity index (χ4v) is 3.52. The molecule has 0 unspecified atom stereocenters. The Hall–Kier alpha value is -1.24. The van der Waals surface area contributed by atoms with Crippen molar-refractivity contribution in [2.75, 3.05) is 50.8 Å². The van der Waals surface area contributed by atoms with Crippen molar-refractivity contribution in [2.45, 2.75) is 38.7 Å². The van der Waals surface area contributed by atoms with E-state index in [1.807, 2.05) is 13.8 Å². The number of aryl methyl sites for hydroxylation is 1. The number of aromatic nitrogens is 2. The summed E-state index contributed by atoms with van der Waals surface area (Å²) < 4.78 is 5.43. The Bertz CT molecular complexity index is 509. The molecule has 6 heteroatoms. The minimum Gasteiger partial charge on any atom is -0.392 e. The van der Waals surface area contributed by atoms with E-state index in [9.17, 15) is 5.11 Å². The summed E-state index contributed by atoms with van der Waals surface area (Å²) in [6.45, 7) is 10.0. The lowest BCUT2D eigenvalue weighted by molar-refractivity contribution is 0.109. The van der Waals surface area contributed by atoms with Crippen molar-refractivity contribution in [2.24, 2.45) is 0 Å². The Labute approximate surface area is 138 Å². The SMILES string of the molecule is Cc1nc(C2CCN(C[C@H](C)O)CC2)cc(N2CCOCC2)n1. The number of nitrogens with zero attached hydrogens (tertiary/aromatic N) is 4. The van der Waals surface area contributed by atoms with Gasteiger partial charge in [-0.05, 0) is 39.8 Å². The molecule has 2 saturated heterocycles. The van der Waals surface area contributed by atoms with Crippen LogP contribution in [-0.2, 0) is 4.74 Å². The summed E-state index contributed by atoms with van der Waals surface area (Å²) in [5.74, 6) is 2.40. The van der Waals surface area contributed by atoms with Crippen molar-refractivity contribution in [3.05, 3.63) is 17.6 Å². The molecule has 3 heterocycles. The second kappa shape index (κ2) is 7.55. The van der Waals surface area contributed by atoms with E-state index in [-0.39, 0.29) is 6.10 Å². The highest BCUT2D eigenvalue weighted by atomic mass is 16.5. The van der Waals surface area contributed by atoms with Crippen molar-refractivity contribution in [3.63, 3.8) is 0 Å². The molecule has 2 fully saturated rings. The fraction of sp³-hybridized carbons (Fsp3) is 0.765. The largest absolute Gasteiger partial charge is 0.392 e. The van der Waals surface area contributed by atoms with Gasteiger partial charge in [-0.2, -0.15) is 0 Å². The third-order valence-corrected chi connectivity index (χ3v) is 4.71. The number of β-amino-alcohol motifs (C(OH)–C–C–N with tert-alkyl or cyclic N) is 1. The Kier molecular flexibility index (Phi) is 5.46. The fourth-order valence-electron chi connectivity index (χ4n) is 3.52. The number of aliphatic hydroxyl groups excluding tert-OH is 1. The lowest BCUT2D eigenvalue weighted by atomic mass is 9.93. The van der Waals surface area contributed by atoms with Gasteiger partial charge < -0.3 is 19.6 Å². The molecule has 1 atom stereocenters. The number of morpholine rings is 1. The average Bonchev–Trinajstić information content (AvgIpc) is 2.55. The van der Waals surface area contributed by atoms with Crippen LogP contribution in [0.5, 0.6) is 0 Å². The predicted octanol–water partition coefficient (Wildman–Crippen LogP) is 1.18. The minimum atomic E-state index is -0.249. The van der Waals surface area contributed by atoms with Gasteiger partial charge >= 0.3 is 0 Å². The molecule has 2 aliphatic rings. The van der Waals surface area contributed by atoms with E-state index in [1.54, 1.807) is 0 Å². The molecule has 23 heavy (non-hydrogen) atoms. The minimum absolute atomic E-state index is 0.249. The number of likely N-dealkylation sites (tertiary alicyclic amines) is 1. The van der Waals surface area contributed by atoms with Crippen molar-refractivity contribution in [1.82, 2.24) is 14.9 Å². The highest BCUT2D eigenvalue weighted by molar-refractivity contribution is 5.41. The normalized spacial score (nSPS) is 22.3. The van der Waals surface area contributed by atoms with Gasteiger partial charge in [0.15, 0.2) is 0 Å². The van der Waals surface area contributed by atoms with Gasteiger partial charge in [0.2, 0.25) is 0 Å². The molecule has 6 nitrogen and oxygen atoms in total. The molecule has 0 aromatic carbocycles. The summed E-state index contributed by atoms with van der Waals surface area (Å²) in [5.41, 5.74) is 1.18. The highest BCUT2D eigenvalue weighted by Crippen LogP contribution is 2.29. The van der Waals surface area contributed by atoms with E-state index in [0.29, 0.717) is 5.92 Å². The number of piperidine rings is 1. The number of ether oxygens (including phenoxy) is 1. The van der Waals surface area contributed by atoms with Gasteiger partial charge in [0.05, 0.1) is 19.3 Å². The van der Waals surface area contributed by atoms with Gasteiger partial charge in [0, 0.05) is 37.3 Å². The summed E-state index contributed by atoms with van der Waals surface area (Å²) >= 11 is 0. The van der Waals surface area contributed by atoms with E-state index < -0.39 is 0 Å². The lowest BCUT2D eigenvalue weighted by Crippen LogP contribution is -2.38. The maximum absolute atomic E-state index is 9.53. The molecule has 128 valence electrons. The number of rotatable bonds is 4. The second-order valence-electron chi connectivity index (χ2n) is 6.72. The van der Waals surface area contributed by atoms with E-state index in [4.69, 9.17) is 9.72 Å². The molecule has 1 N–H and O–H groups in total. The van der Waals surface area contributed by atoms with Crippen LogP contribution in [0, 0.1) is 6.92 Å². The van der Waals surface area contributed by atoms with Crippen LogP contribution in [0.25, 0.3) is 0 Å². The van der Waals surface area contributed by atoms with Gasteiger partial charge in [-0.15, -0.1) is 0 Å². The molecule has 0 spiro atoms. The molecule has 3 rings (SSSR count). The van der Waals surface area contributed by atoms with Crippen LogP contribution < -0.4 is 4.90 Å². The van der Waals surface area contributed by atoms with Crippen LogP contribution in [0.3, 0.4) is 0 Å². The zero-order valence-electron chi connectivity index (χ0n) is 14.2. The topological polar surface area (TPSA) is 61.7 Å². The first-order chi connectivity index (χ1) is 11.1. The molecule has 0 saturated carbocycles. The van der Waals surface area contributed by atoms with E-state index >= 15 is 0 Å². The predicted molar refractivity (Wildman–Crippen MR) is 89.9 cm³/mol. The van der Waals surface area contributed by atoms with Gasteiger partial charge in [0.1, 0.15) is 11.6 Å². The summed E-state index contributed by atoms with van der Waals surface area (Å²) in [7, 11) is 0. The molecule has 0 aliphatic carbocycles. The van der Waals surface area contributed by atoms with Crippen molar-refractivity contribution in [3.8, 4) is 0 Å². The third-order valence-electron chi connectivity index (χ3n) is 4.71. The van der Waals surface area contributed by atoms with Gasteiger partial charge in [0.25, 0.3) is 0 Å². The Morgan fingerprint density at radius 2 is 1.91 bits per heavy atom. The van der Waals surface area contributed by atoms with Gasteiger partial charge in [-0.1, -0.05) is 0 Å². The summed E-state index contributed by atoms with van der Waals surface area (Å²) in [4.78, 5) is 14.0. The van der Waals surface area contributed by atoms with Crippen molar-refractivity contribution >= 4 is 5.82 Å². The van der Waals surface area contributed by atoms with Crippen LogP contribution in [0.4, 0.5) is 5.82 Å².